The average molecular weight is 289 g/mol. The minimum Gasteiger partial charge on any atom is -0.351 e. The van der Waals surface area contributed by atoms with Gasteiger partial charge < -0.3 is 5.32 Å². The summed E-state index contributed by atoms with van der Waals surface area (Å²) in [4.78, 5) is 13.0. The minimum absolute atomic E-state index is 0.228. The second-order valence-corrected chi connectivity index (χ2v) is 4.61. The van der Waals surface area contributed by atoms with E-state index in [1.807, 2.05) is 0 Å². The first-order chi connectivity index (χ1) is 10.0. The maximum absolute atomic E-state index is 13.2. The first kappa shape index (κ1) is 14.8. The molecule has 6 nitrogen and oxygen atoms in total. The van der Waals surface area contributed by atoms with E-state index in [0.29, 0.717) is 23.5 Å². The van der Waals surface area contributed by atoms with Crippen molar-refractivity contribution in [1.82, 2.24) is 25.5 Å². The van der Waals surface area contributed by atoms with Gasteiger partial charge in [-0.25, -0.2) is 4.39 Å². The standard InChI is InChI=1S/C14H16FN5O/c1-4-7-16-14(21)10(3)20-18-13(17-19-20)11-5-6-12(15)9(2)8-11/h4-6,8,10H,1,7H2,2-3H3,(H,16,21). The van der Waals surface area contributed by atoms with Crippen molar-refractivity contribution in [3.05, 3.63) is 42.2 Å². The third kappa shape index (κ3) is 3.31. The van der Waals surface area contributed by atoms with Gasteiger partial charge in [-0.05, 0) is 42.8 Å². The Morgan fingerprint density at radius 3 is 3.00 bits per heavy atom. The highest BCUT2D eigenvalue weighted by Crippen LogP contribution is 2.18. The Hall–Kier alpha value is -2.57. The highest BCUT2D eigenvalue weighted by atomic mass is 19.1. The molecule has 7 heteroatoms. The van der Waals surface area contributed by atoms with Crippen LogP contribution in [-0.4, -0.2) is 32.7 Å². The fourth-order valence-electron chi connectivity index (χ4n) is 1.71. The Bertz CT molecular complexity index is 667. The van der Waals surface area contributed by atoms with Gasteiger partial charge in [0.15, 0.2) is 0 Å². The van der Waals surface area contributed by atoms with Gasteiger partial charge in [0.25, 0.3) is 0 Å². The van der Waals surface area contributed by atoms with E-state index in [1.54, 1.807) is 32.1 Å². The molecule has 1 N–H and O–H groups in total. The molecule has 2 aromatic rings. The molecule has 1 aromatic carbocycles. The molecule has 0 bridgehead atoms. The SMILES string of the molecule is C=CCNC(=O)C(C)n1nnc(-c2ccc(F)c(C)c2)n1. The number of tetrazole rings is 1. The number of hydrogen-bond acceptors (Lipinski definition) is 4. The third-order valence-corrected chi connectivity index (χ3v) is 2.99. The van der Waals surface area contributed by atoms with Crippen LogP contribution in [0.2, 0.25) is 0 Å². The van der Waals surface area contributed by atoms with E-state index in [0.717, 1.165) is 0 Å². The third-order valence-electron chi connectivity index (χ3n) is 2.99. The summed E-state index contributed by atoms with van der Waals surface area (Å²) in [6.45, 7) is 7.23. The van der Waals surface area contributed by atoms with Crippen molar-refractivity contribution in [2.45, 2.75) is 19.9 Å². The van der Waals surface area contributed by atoms with E-state index < -0.39 is 6.04 Å². The smallest absolute Gasteiger partial charge is 0.246 e. The van der Waals surface area contributed by atoms with Gasteiger partial charge in [0.2, 0.25) is 11.7 Å². The lowest BCUT2D eigenvalue weighted by molar-refractivity contribution is -0.124. The summed E-state index contributed by atoms with van der Waals surface area (Å²) in [5.74, 6) is -0.168. The molecule has 0 saturated carbocycles. The van der Waals surface area contributed by atoms with E-state index in [2.05, 4.69) is 27.3 Å². The van der Waals surface area contributed by atoms with Gasteiger partial charge in [0.1, 0.15) is 11.9 Å². The van der Waals surface area contributed by atoms with Crippen molar-refractivity contribution in [1.29, 1.82) is 0 Å². The zero-order valence-electron chi connectivity index (χ0n) is 11.9. The molecule has 1 amide bonds. The molecule has 1 aromatic heterocycles. The van der Waals surface area contributed by atoms with E-state index in [1.165, 1.54) is 10.9 Å². The Balaban J connectivity index is 2.19. The normalized spacial score (nSPS) is 12.0. The second kappa shape index (κ2) is 6.25. The van der Waals surface area contributed by atoms with Gasteiger partial charge in [0, 0.05) is 12.1 Å². The summed E-state index contributed by atoms with van der Waals surface area (Å²) >= 11 is 0. The molecule has 0 aliphatic carbocycles. The molecular weight excluding hydrogens is 273 g/mol. The molecule has 110 valence electrons. The average Bonchev–Trinajstić information content (AvgIpc) is 2.96. The molecule has 0 radical (unpaired) electrons. The Labute approximate surface area is 121 Å². The predicted molar refractivity (Wildman–Crippen MR) is 75.9 cm³/mol. The molecule has 1 unspecified atom stereocenters. The highest BCUT2D eigenvalue weighted by molar-refractivity contribution is 5.79. The summed E-state index contributed by atoms with van der Waals surface area (Å²) in [7, 11) is 0. The molecule has 0 saturated heterocycles. The van der Waals surface area contributed by atoms with E-state index in [4.69, 9.17) is 0 Å². The number of benzene rings is 1. The lowest BCUT2D eigenvalue weighted by Crippen LogP contribution is -2.32. The fraction of sp³-hybridized carbons (Fsp3) is 0.286. The van der Waals surface area contributed by atoms with E-state index >= 15 is 0 Å². The van der Waals surface area contributed by atoms with Crippen molar-refractivity contribution < 1.29 is 9.18 Å². The summed E-state index contributed by atoms with van der Waals surface area (Å²) in [5.41, 5.74) is 1.15. The quantitative estimate of drug-likeness (QED) is 0.849. The molecule has 1 heterocycles. The number of carbonyl (C=O) groups is 1. The summed E-state index contributed by atoms with van der Waals surface area (Å²) in [6, 6.07) is 3.98. The number of aromatic nitrogens is 4. The van der Waals surface area contributed by atoms with Gasteiger partial charge in [-0.1, -0.05) is 6.08 Å². The van der Waals surface area contributed by atoms with E-state index in [9.17, 15) is 9.18 Å². The molecule has 0 aliphatic heterocycles. The first-order valence-corrected chi connectivity index (χ1v) is 6.47. The van der Waals surface area contributed by atoms with Gasteiger partial charge in [-0.3, -0.25) is 4.79 Å². The van der Waals surface area contributed by atoms with Crippen LogP contribution < -0.4 is 5.32 Å². The van der Waals surface area contributed by atoms with Crippen LogP contribution in [-0.2, 0) is 4.79 Å². The number of rotatable bonds is 5. The zero-order chi connectivity index (χ0) is 15.4. The van der Waals surface area contributed by atoms with Crippen LogP contribution in [0.15, 0.2) is 30.9 Å². The molecule has 0 fully saturated rings. The van der Waals surface area contributed by atoms with Crippen molar-refractivity contribution in [2.75, 3.05) is 6.54 Å². The number of nitrogens with zero attached hydrogens (tertiary/aromatic N) is 4. The van der Waals surface area contributed by atoms with Crippen molar-refractivity contribution >= 4 is 5.91 Å². The Morgan fingerprint density at radius 2 is 2.33 bits per heavy atom. The lowest BCUT2D eigenvalue weighted by Gasteiger charge is -2.08. The minimum atomic E-state index is -0.590. The van der Waals surface area contributed by atoms with E-state index in [-0.39, 0.29) is 11.7 Å². The topological polar surface area (TPSA) is 72.7 Å². The van der Waals surface area contributed by atoms with Crippen LogP contribution in [0, 0.1) is 12.7 Å². The second-order valence-electron chi connectivity index (χ2n) is 4.61. The number of amides is 1. The van der Waals surface area contributed by atoms with Crippen LogP contribution in [0.1, 0.15) is 18.5 Å². The number of nitrogens with one attached hydrogen (secondary N) is 1. The predicted octanol–water partition coefficient (Wildman–Crippen LogP) is 1.65. The number of halogens is 1. The van der Waals surface area contributed by atoms with Crippen LogP contribution in [0.5, 0.6) is 0 Å². The summed E-state index contributed by atoms with van der Waals surface area (Å²) < 4.78 is 13.2. The Kier molecular flexibility index (Phi) is 4.42. The van der Waals surface area contributed by atoms with Gasteiger partial charge in [-0.2, -0.15) is 4.80 Å². The zero-order valence-corrected chi connectivity index (χ0v) is 11.9. The summed E-state index contributed by atoms with van der Waals surface area (Å²) in [6.07, 6.45) is 1.59. The van der Waals surface area contributed by atoms with Crippen molar-refractivity contribution in [2.24, 2.45) is 0 Å². The monoisotopic (exact) mass is 289 g/mol. The first-order valence-electron chi connectivity index (χ1n) is 6.47. The number of hydrogen-bond donors (Lipinski definition) is 1. The van der Waals surface area contributed by atoms with Crippen molar-refractivity contribution in [3.8, 4) is 11.4 Å². The molecule has 21 heavy (non-hydrogen) atoms. The molecule has 0 spiro atoms. The van der Waals surface area contributed by atoms with Gasteiger partial charge in [0.05, 0.1) is 0 Å². The number of carbonyl (C=O) groups excluding carboxylic acids is 1. The van der Waals surface area contributed by atoms with Crippen LogP contribution in [0.25, 0.3) is 11.4 Å². The maximum Gasteiger partial charge on any atom is 0.246 e. The molecular formula is C14H16FN5O. The fourth-order valence-corrected chi connectivity index (χ4v) is 1.71. The van der Waals surface area contributed by atoms with Crippen LogP contribution in [0.4, 0.5) is 4.39 Å². The molecule has 1 atom stereocenters. The van der Waals surface area contributed by atoms with Crippen LogP contribution in [0.3, 0.4) is 0 Å². The maximum atomic E-state index is 13.2. The lowest BCUT2D eigenvalue weighted by atomic mass is 10.1. The largest absolute Gasteiger partial charge is 0.351 e. The molecule has 2 rings (SSSR count). The van der Waals surface area contributed by atoms with Crippen molar-refractivity contribution in [3.63, 3.8) is 0 Å². The van der Waals surface area contributed by atoms with Crippen LogP contribution >= 0.6 is 0 Å². The number of aryl methyl sites for hydroxylation is 1. The Morgan fingerprint density at radius 1 is 1.57 bits per heavy atom. The highest BCUT2D eigenvalue weighted by Gasteiger charge is 2.18. The summed E-state index contributed by atoms with van der Waals surface area (Å²) in [5, 5.41) is 14.6. The van der Waals surface area contributed by atoms with Gasteiger partial charge >= 0.3 is 0 Å². The molecule has 0 aliphatic rings. The van der Waals surface area contributed by atoms with Gasteiger partial charge in [-0.15, -0.1) is 16.8 Å².